The van der Waals surface area contributed by atoms with Gasteiger partial charge in [0, 0.05) is 23.4 Å². The molecular formula is C17H21N3O2. The summed E-state index contributed by atoms with van der Waals surface area (Å²) in [5.41, 5.74) is 3.21. The Morgan fingerprint density at radius 3 is 2.59 bits per heavy atom. The number of anilines is 1. The van der Waals surface area contributed by atoms with Crippen molar-refractivity contribution >= 4 is 17.4 Å². The molecule has 0 aliphatic heterocycles. The van der Waals surface area contributed by atoms with Crippen molar-refractivity contribution in [1.82, 2.24) is 9.78 Å². The van der Waals surface area contributed by atoms with Crippen LogP contribution < -0.4 is 5.32 Å². The highest BCUT2D eigenvalue weighted by Crippen LogP contribution is 2.16. The van der Waals surface area contributed by atoms with Gasteiger partial charge in [0.25, 0.3) is 0 Å². The highest BCUT2D eigenvalue weighted by Gasteiger charge is 2.14. The Bertz CT molecular complexity index is 704. The largest absolute Gasteiger partial charge is 0.326 e. The highest BCUT2D eigenvalue weighted by molar-refractivity contribution is 5.97. The zero-order valence-electron chi connectivity index (χ0n) is 13.4. The SMILES string of the molecule is CC(=O)c1cccc(NC(=O)C[C@H](C)n2nc(C)cc2C)c1. The molecule has 0 bridgehead atoms. The van der Waals surface area contributed by atoms with Crippen LogP contribution in [0.15, 0.2) is 30.3 Å². The summed E-state index contributed by atoms with van der Waals surface area (Å²) in [4.78, 5) is 23.5. The van der Waals surface area contributed by atoms with Crippen LogP contribution >= 0.6 is 0 Å². The Balaban J connectivity index is 2.02. The third-order valence-electron chi connectivity index (χ3n) is 3.50. The van der Waals surface area contributed by atoms with E-state index in [4.69, 9.17) is 0 Å². The third kappa shape index (κ3) is 3.81. The smallest absolute Gasteiger partial charge is 0.226 e. The molecule has 0 fully saturated rings. The molecule has 1 aromatic heterocycles. The second kappa shape index (κ2) is 6.56. The Labute approximate surface area is 130 Å². The molecule has 2 aromatic rings. The van der Waals surface area contributed by atoms with Crippen LogP contribution in [0, 0.1) is 13.8 Å². The van der Waals surface area contributed by atoms with Gasteiger partial charge in [-0.05, 0) is 45.9 Å². The standard InChI is InChI=1S/C17H21N3O2/c1-11-8-12(2)20(19-11)13(3)9-17(22)18-16-7-5-6-15(10-16)14(4)21/h5-8,10,13H,9H2,1-4H3,(H,18,22)/t13-/m0/s1. The number of aryl methyl sites for hydroxylation is 2. The van der Waals surface area contributed by atoms with Gasteiger partial charge in [-0.3, -0.25) is 14.3 Å². The number of hydrogen-bond acceptors (Lipinski definition) is 3. The maximum atomic E-state index is 12.2. The van der Waals surface area contributed by atoms with E-state index in [0.717, 1.165) is 11.4 Å². The summed E-state index contributed by atoms with van der Waals surface area (Å²) in [5.74, 6) is -0.118. The fourth-order valence-corrected chi connectivity index (χ4v) is 2.48. The molecule has 5 heteroatoms. The molecule has 0 spiro atoms. The summed E-state index contributed by atoms with van der Waals surface area (Å²) in [5, 5.41) is 7.23. The number of nitrogens with one attached hydrogen (secondary N) is 1. The molecule has 1 N–H and O–H groups in total. The first-order chi connectivity index (χ1) is 10.4. The van der Waals surface area contributed by atoms with Gasteiger partial charge in [-0.2, -0.15) is 5.10 Å². The van der Waals surface area contributed by atoms with Gasteiger partial charge in [-0.15, -0.1) is 0 Å². The first kappa shape index (κ1) is 15.9. The molecule has 0 saturated carbocycles. The van der Waals surface area contributed by atoms with Gasteiger partial charge in [0.1, 0.15) is 0 Å². The third-order valence-corrected chi connectivity index (χ3v) is 3.50. The van der Waals surface area contributed by atoms with Crippen LogP contribution in [-0.2, 0) is 4.79 Å². The maximum Gasteiger partial charge on any atom is 0.226 e. The van der Waals surface area contributed by atoms with Gasteiger partial charge in [0.2, 0.25) is 5.91 Å². The summed E-state index contributed by atoms with van der Waals surface area (Å²) in [6.07, 6.45) is 0.326. The predicted molar refractivity (Wildman–Crippen MR) is 86.1 cm³/mol. The molecule has 1 aromatic carbocycles. The van der Waals surface area contributed by atoms with Crippen molar-refractivity contribution in [2.24, 2.45) is 0 Å². The molecule has 0 unspecified atom stereocenters. The molecule has 1 heterocycles. The van der Waals surface area contributed by atoms with Crippen molar-refractivity contribution in [2.45, 2.75) is 40.2 Å². The highest BCUT2D eigenvalue weighted by atomic mass is 16.1. The van der Waals surface area contributed by atoms with E-state index in [0.29, 0.717) is 17.7 Å². The maximum absolute atomic E-state index is 12.2. The van der Waals surface area contributed by atoms with E-state index in [1.807, 2.05) is 31.5 Å². The predicted octanol–water partition coefficient (Wildman–Crippen LogP) is 3.29. The topological polar surface area (TPSA) is 64.0 Å². The van der Waals surface area contributed by atoms with Crippen LogP contribution in [0.2, 0.25) is 0 Å². The fourth-order valence-electron chi connectivity index (χ4n) is 2.48. The molecule has 0 aliphatic carbocycles. The van der Waals surface area contributed by atoms with Crippen molar-refractivity contribution < 1.29 is 9.59 Å². The van der Waals surface area contributed by atoms with E-state index in [1.54, 1.807) is 24.3 Å². The number of carbonyl (C=O) groups is 2. The molecule has 5 nitrogen and oxygen atoms in total. The van der Waals surface area contributed by atoms with E-state index in [9.17, 15) is 9.59 Å². The molecular weight excluding hydrogens is 278 g/mol. The number of rotatable bonds is 5. The van der Waals surface area contributed by atoms with Crippen LogP contribution in [0.5, 0.6) is 0 Å². The van der Waals surface area contributed by atoms with E-state index in [-0.39, 0.29) is 17.7 Å². The zero-order chi connectivity index (χ0) is 16.3. The van der Waals surface area contributed by atoms with E-state index in [2.05, 4.69) is 10.4 Å². The minimum Gasteiger partial charge on any atom is -0.326 e. The fraction of sp³-hybridized carbons (Fsp3) is 0.353. The number of Topliss-reactive ketones (excluding diaryl/α,β-unsaturated/α-hetero) is 1. The molecule has 2 rings (SSSR count). The average Bonchev–Trinajstić information content (AvgIpc) is 2.77. The van der Waals surface area contributed by atoms with E-state index in [1.165, 1.54) is 6.92 Å². The van der Waals surface area contributed by atoms with Crippen LogP contribution in [-0.4, -0.2) is 21.5 Å². The first-order valence-corrected chi connectivity index (χ1v) is 7.30. The number of carbonyl (C=O) groups excluding carboxylic acids is 2. The minimum absolute atomic E-state index is 0.0212. The van der Waals surface area contributed by atoms with Crippen molar-refractivity contribution in [1.29, 1.82) is 0 Å². The first-order valence-electron chi connectivity index (χ1n) is 7.30. The monoisotopic (exact) mass is 299 g/mol. The quantitative estimate of drug-likeness (QED) is 0.862. The molecule has 0 aliphatic rings. The lowest BCUT2D eigenvalue weighted by Gasteiger charge is -2.14. The minimum atomic E-state index is -0.0965. The van der Waals surface area contributed by atoms with E-state index >= 15 is 0 Å². The average molecular weight is 299 g/mol. The lowest BCUT2D eigenvalue weighted by atomic mass is 10.1. The number of hydrogen-bond donors (Lipinski definition) is 1. The van der Waals surface area contributed by atoms with Crippen molar-refractivity contribution in [3.8, 4) is 0 Å². The van der Waals surface area contributed by atoms with Gasteiger partial charge in [0.05, 0.1) is 11.7 Å². The van der Waals surface area contributed by atoms with Gasteiger partial charge in [-0.1, -0.05) is 12.1 Å². The van der Waals surface area contributed by atoms with Crippen LogP contribution in [0.1, 0.15) is 48.1 Å². The summed E-state index contributed by atoms with van der Waals surface area (Å²) >= 11 is 0. The van der Waals surface area contributed by atoms with Crippen molar-refractivity contribution in [3.05, 3.63) is 47.3 Å². The second-order valence-electron chi connectivity index (χ2n) is 5.61. The van der Waals surface area contributed by atoms with Crippen LogP contribution in [0.3, 0.4) is 0 Å². The summed E-state index contributed by atoms with van der Waals surface area (Å²) in [6.45, 7) is 7.38. The van der Waals surface area contributed by atoms with E-state index < -0.39 is 0 Å². The number of ketones is 1. The van der Waals surface area contributed by atoms with Gasteiger partial charge < -0.3 is 5.32 Å². The van der Waals surface area contributed by atoms with Crippen LogP contribution in [0.25, 0.3) is 0 Å². The molecule has 116 valence electrons. The summed E-state index contributed by atoms with van der Waals surface area (Å²) in [6, 6.07) is 8.93. The molecule has 0 radical (unpaired) electrons. The molecule has 1 atom stereocenters. The van der Waals surface area contributed by atoms with Crippen molar-refractivity contribution in [2.75, 3.05) is 5.32 Å². The lowest BCUT2D eigenvalue weighted by molar-refractivity contribution is -0.116. The summed E-state index contributed by atoms with van der Waals surface area (Å²) < 4.78 is 1.86. The number of aromatic nitrogens is 2. The molecule has 0 saturated heterocycles. The molecule has 1 amide bonds. The zero-order valence-corrected chi connectivity index (χ0v) is 13.4. The lowest BCUT2D eigenvalue weighted by Crippen LogP contribution is -2.19. The normalized spacial score (nSPS) is 12.0. The number of benzene rings is 1. The number of nitrogens with zero attached hydrogens (tertiary/aromatic N) is 2. The van der Waals surface area contributed by atoms with Gasteiger partial charge in [-0.25, -0.2) is 0 Å². The van der Waals surface area contributed by atoms with Gasteiger partial charge in [0.15, 0.2) is 5.78 Å². The Morgan fingerprint density at radius 1 is 1.27 bits per heavy atom. The van der Waals surface area contributed by atoms with Crippen LogP contribution in [0.4, 0.5) is 5.69 Å². The number of amides is 1. The Hall–Kier alpha value is -2.43. The molecule has 22 heavy (non-hydrogen) atoms. The summed E-state index contributed by atoms with van der Waals surface area (Å²) in [7, 11) is 0. The second-order valence-corrected chi connectivity index (χ2v) is 5.61. The Morgan fingerprint density at radius 2 is 2.00 bits per heavy atom. The van der Waals surface area contributed by atoms with Gasteiger partial charge >= 0.3 is 0 Å². The Kier molecular flexibility index (Phi) is 4.75. The van der Waals surface area contributed by atoms with Crippen molar-refractivity contribution in [3.63, 3.8) is 0 Å².